The Labute approximate surface area is 71.0 Å². The van der Waals surface area contributed by atoms with Crippen molar-refractivity contribution in [3.05, 3.63) is 10.1 Å². The van der Waals surface area contributed by atoms with Crippen LogP contribution in [0.15, 0.2) is 0 Å². The highest BCUT2D eigenvalue weighted by atomic mass is 16.7. The summed E-state index contributed by atoms with van der Waals surface area (Å²) in [6.45, 7) is 0. The third kappa shape index (κ3) is 1.43. The molecule has 0 aromatic rings. The Morgan fingerprint density at radius 1 is 1.25 bits per heavy atom. The summed E-state index contributed by atoms with van der Waals surface area (Å²) in [4.78, 5) is 9.99. The molecule has 4 nitrogen and oxygen atoms in total. The third-order valence-electron chi connectivity index (χ3n) is 2.82. The molecule has 1 aliphatic heterocycles. The Morgan fingerprint density at radius 3 is 2.42 bits per heavy atom. The van der Waals surface area contributed by atoms with Crippen molar-refractivity contribution in [1.82, 2.24) is 0 Å². The zero-order valence-electron chi connectivity index (χ0n) is 6.94. The van der Waals surface area contributed by atoms with Crippen LogP contribution in [0.4, 0.5) is 0 Å². The van der Waals surface area contributed by atoms with Crippen LogP contribution in [-0.4, -0.2) is 17.3 Å². The van der Waals surface area contributed by atoms with Gasteiger partial charge in [0.15, 0.2) is 6.10 Å². The maximum Gasteiger partial charge on any atom is 0.342 e. The number of hydrogen-bond acceptors (Lipinski definition) is 3. The zero-order chi connectivity index (χ0) is 8.55. The van der Waals surface area contributed by atoms with Crippen LogP contribution in [0.3, 0.4) is 0 Å². The van der Waals surface area contributed by atoms with Gasteiger partial charge in [0.25, 0.3) is 0 Å². The standard InChI is InChI=1S/C8H13NO3/c10-9(11)8-7(12-8)6-4-2-1-3-5-6/h6-8H,1-5H2/t7-,8+/m0/s1. The van der Waals surface area contributed by atoms with E-state index in [1.165, 1.54) is 19.3 Å². The van der Waals surface area contributed by atoms with Gasteiger partial charge in [-0.3, -0.25) is 10.1 Å². The summed E-state index contributed by atoms with van der Waals surface area (Å²) in [5, 5.41) is 10.3. The van der Waals surface area contributed by atoms with E-state index >= 15 is 0 Å². The number of rotatable bonds is 2. The minimum Gasteiger partial charge on any atom is -0.301 e. The van der Waals surface area contributed by atoms with Crippen molar-refractivity contribution in [3.63, 3.8) is 0 Å². The molecule has 12 heavy (non-hydrogen) atoms. The SMILES string of the molecule is O=[N+]([O-])[C@@H]1O[C@H]1C1CCCCC1. The van der Waals surface area contributed by atoms with Crippen LogP contribution < -0.4 is 0 Å². The summed E-state index contributed by atoms with van der Waals surface area (Å²) in [6, 6.07) is 0. The monoisotopic (exact) mass is 171 g/mol. The topological polar surface area (TPSA) is 55.7 Å². The van der Waals surface area contributed by atoms with E-state index in [0.717, 1.165) is 12.8 Å². The van der Waals surface area contributed by atoms with Gasteiger partial charge in [-0.05, 0) is 18.8 Å². The van der Waals surface area contributed by atoms with Crippen LogP contribution >= 0.6 is 0 Å². The quantitative estimate of drug-likeness (QED) is 0.360. The Bertz CT molecular complexity index is 189. The highest BCUT2D eigenvalue weighted by Gasteiger charge is 2.54. The molecule has 0 aromatic carbocycles. The normalized spacial score (nSPS) is 36.3. The Balaban J connectivity index is 1.83. The fourth-order valence-electron chi connectivity index (χ4n) is 2.09. The average Bonchev–Trinajstić information content (AvgIpc) is 2.84. The van der Waals surface area contributed by atoms with Crippen LogP contribution in [0, 0.1) is 16.0 Å². The first-order chi connectivity index (χ1) is 5.79. The molecule has 2 atom stereocenters. The van der Waals surface area contributed by atoms with Gasteiger partial charge < -0.3 is 4.74 Å². The second-order valence-corrected chi connectivity index (χ2v) is 3.67. The molecule has 68 valence electrons. The second-order valence-electron chi connectivity index (χ2n) is 3.67. The van der Waals surface area contributed by atoms with E-state index < -0.39 is 6.23 Å². The van der Waals surface area contributed by atoms with Crippen LogP contribution in [0.25, 0.3) is 0 Å². The van der Waals surface area contributed by atoms with Gasteiger partial charge in [-0.15, -0.1) is 0 Å². The van der Waals surface area contributed by atoms with Crippen LogP contribution in [0.2, 0.25) is 0 Å². The number of nitro groups is 1. The van der Waals surface area contributed by atoms with Crippen molar-refractivity contribution in [1.29, 1.82) is 0 Å². The number of nitrogens with zero attached hydrogens (tertiary/aromatic N) is 1. The van der Waals surface area contributed by atoms with Gasteiger partial charge in [-0.1, -0.05) is 19.3 Å². The lowest BCUT2D eigenvalue weighted by Gasteiger charge is -2.18. The van der Waals surface area contributed by atoms with Gasteiger partial charge in [-0.25, -0.2) is 0 Å². The van der Waals surface area contributed by atoms with E-state index in [-0.39, 0.29) is 11.0 Å². The predicted molar refractivity (Wildman–Crippen MR) is 42.2 cm³/mol. The predicted octanol–water partition coefficient (Wildman–Crippen LogP) is 1.57. The summed E-state index contributed by atoms with van der Waals surface area (Å²) in [5.41, 5.74) is 0. The highest BCUT2D eigenvalue weighted by Crippen LogP contribution is 2.38. The van der Waals surface area contributed by atoms with Crippen LogP contribution in [0.5, 0.6) is 0 Å². The van der Waals surface area contributed by atoms with Crippen molar-refractivity contribution in [2.75, 3.05) is 0 Å². The second kappa shape index (κ2) is 3.01. The molecule has 0 bridgehead atoms. The van der Waals surface area contributed by atoms with Crippen molar-refractivity contribution >= 4 is 0 Å². The molecule has 1 saturated heterocycles. The van der Waals surface area contributed by atoms with Crippen LogP contribution in [-0.2, 0) is 4.74 Å². The first kappa shape index (κ1) is 7.98. The number of hydrogen-bond donors (Lipinski definition) is 0. The van der Waals surface area contributed by atoms with Crippen molar-refractivity contribution in [2.45, 2.75) is 44.4 Å². The largest absolute Gasteiger partial charge is 0.342 e. The minimum atomic E-state index is -0.673. The molecule has 2 rings (SSSR count). The lowest BCUT2D eigenvalue weighted by Crippen LogP contribution is -2.17. The molecule has 4 heteroatoms. The molecule has 2 fully saturated rings. The molecule has 1 heterocycles. The fourth-order valence-corrected chi connectivity index (χ4v) is 2.09. The number of epoxide rings is 1. The van der Waals surface area contributed by atoms with Crippen molar-refractivity contribution < 1.29 is 9.66 Å². The van der Waals surface area contributed by atoms with Gasteiger partial charge in [0.05, 0.1) is 4.92 Å². The first-order valence-electron chi connectivity index (χ1n) is 4.58. The molecule has 0 amide bonds. The summed E-state index contributed by atoms with van der Waals surface area (Å²) < 4.78 is 5.02. The van der Waals surface area contributed by atoms with Crippen molar-refractivity contribution in [2.24, 2.45) is 5.92 Å². The first-order valence-corrected chi connectivity index (χ1v) is 4.58. The average molecular weight is 171 g/mol. The molecule has 1 aliphatic carbocycles. The van der Waals surface area contributed by atoms with Gasteiger partial charge in [0, 0.05) is 0 Å². The van der Waals surface area contributed by atoms with Gasteiger partial charge in [0.1, 0.15) is 0 Å². The van der Waals surface area contributed by atoms with Gasteiger partial charge in [0.2, 0.25) is 0 Å². The smallest absolute Gasteiger partial charge is 0.301 e. The molecular formula is C8H13NO3. The van der Waals surface area contributed by atoms with E-state index in [1.807, 2.05) is 0 Å². The van der Waals surface area contributed by atoms with E-state index in [1.54, 1.807) is 0 Å². The van der Waals surface area contributed by atoms with E-state index in [0.29, 0.717) is 5.92 Å². The maximum atomic E-state index is 10.3. The van der Waals surface area contributed by atoms with E-state index in [4.69, 9.17) is 4.74 Å². The van der Waals surface area contributed by atoms with Crippen LogP contribution in [0.1, 0.15) is 32.1 Å². The fraction of sp³-hybridized carbons (Fsp3) is 1.00. The molecule has 0 N–H and O–H groups in total. The Hall–Kier alpha value is -0.640. The third-order valence-corrected chi connectivity index (χ3v) is 2.82. The molecule has 1 saturated carbocycles. The highest BCUT2D eigenvalue weighted by molar-refractivity contribution is 4.85. The van der Waals surface area contributed by atoms with Gasteiger partial charge >= 0.3 is 6.23 Å². The molecule has 0 radical (unpaired) electrons. The maximum absolute atomic E-state index is 10.3. The lowest BCUT2D eigenvalue weighted by atomic mass is 9.87. The Morgan fingerprint density at radius 2 is 1.92 bits per heavy atom. The van der Waals surface area contributed by atoms with Crippen molar-refractivity contribution in [3.8, 4) is 0 Å². The summed E-state index contributed by atoms with van der Waals surface area (Å²) in [5.74, 6) is 0.467. The summed E-state index contributed by atoms with van der Waals surface area (Å²) in [7, 11) is 0. The molecule has 0 unspecified atom stereocenters. The minimum absolute atomic E-state index is 0.0553. The van der Waals surface area contributed by atoms with E-state index in [9.17, 15) is 10.1 Å². The number of ether oxygens (including phenoxy) is 1. The molecule has 0 aromatic heterocycles. The zero-order valence-corrected chi connectivity index (χ0v) is 6.94. The summed E-state index contributed by atoms with van der Waals surface area (Å²) in [6.07, 6.45) is 5.23. The van der Waals surface area contributed by atoms with Gasteiger partial charge in [-0.2, -0.15) is 0 Å². The lowest BCUT2D eigenvalue weighted by molar-refractivity contribution is -0.516. The summed E-state index contributed by atoms with van der Waals surface area (Å²) >= 11 is 0. The molecule has 0 spiro atoms. The molecular weight excluding hydrogens is 158 g/mol. The molecule has 2 aliphatic rings. The van der Waals surface area contributed by atoms with E-state index in [2.05, 4.69) is 0 Å². The Kier molecular flexibility index (Phi) is 2.00.